The fraction of sp³-hybridized carbons (Fsp3) is 0.286. The van der Waals surface area contributed by atoms with E-state index in [1.165, 1.54) is 18.5 Å². The van der Waals surface area contributed by atoms with E-state index in [0.29, 0.717) is 28.8 Å². The number of likely N-dealkylation sites (tertiary alicyclic amines) is 1. The number of alkyl halides is 2. The molecule has 1 aromatic heterocycles. The summed E-state index contributed by atoms with van der Waals surface area (Å²) in [5.41, 5.74) is 5.99. The van der Waals surface area contributed by atoms with Gasteiger partial charge in [0.2, 0.25) is 0 Å². The van der Waals surface area contributed by atoms with Crippen molar-refractivity contribution < 1.29 is 18.0 Å². The van der Waals surface area contributed by atoms with Crippen molar-refractivity contribution in [1.29, 1.82) is 0 Å². The van der Waals surface area contributed by atoms with Gasteiger partial charge in [0.1, 0.15) is 18.0 Å². The average Bonchev–Trinajstić information content (AvgIpc) is 2.69. The summed E-state index contributed by atoms with van der Waals surface area (Å²) in [6, 6.07) is 8.33. The third-order valence-electron chi connectivity index (χ3n) is 5.29. The van der Waals surface area contributed by atoms with Crippen LogP contribution in [0.5, 0.6) is 0 Å². The Bertz CT molecular complexity index is 1090. The first-order valence-electron chi connectivity index (χ1n) is 9.54. The van der Waals surface area contributed by atoms with Crippen LogP contribution in [-0.2, 0) is 0 Å². The molecule has 1 atom stereocenters. The van der Waals surface area contributed by atoms with Crippen LogP contribution in [0.25, 0.3) is 10.9 Å². The zero-order chi connectivity index (χ0) is 21.3. The smallest absolute Gasteiger partial charge is 0.266 e. The minimum atomic E-state index is -2.91. The van der Waals surface area contributed by atoms with Crippen LogP contribution in [0.1, 0.15) is 40.4 Å². The summed E-state index contributed by atoms with van der Waals surface area (Å²) in [6.45, 7) is 2.34. The number of hydrogen-bond donors (Lipinski definition) is 2. The number of nitrogens with one attached hydrogen (secondary N) is 1. The van der Waals surface area contributed by atoms with Crippen LogP contribution in [0, 0.1) is 5.82 Å². The van der Waals surface area contributed by atoms with Gasteiger partial charge in [-0.15, -0.1) is 0 Å². The summed E-state index contributed by atoms with van der Waals surface area (Å²) in [7, 11) is 0. The van der Waals surface area contributed by atoms with Crippen molar-refractivity contribution in [1.82, 2.24) is 14.9 Å². The van der Waals surface area contributed by atoms with E-state index in [2.05, 4.69) is 20.2 Å². The summed E-state index contributed by atoms with van der Waals surface area (Å²) < 4.78 is 40.3. The van der Waals surface area contributed by atoms with E-state index in [1.54, 1.807) is 18.2 Å². The highest BCUT2D eigenvalue weighted by atomic mass is 19.3. The van der Waals surface area contributed by atoms with Crippen LogP contribution in [0.15, 0.2) is 42.7 Å². The van der Waals surface area contributed by atoms with Gasteiger partial charge in [-0.2, -0.15) is 0 Å². The highest BCUT2D eigenvalue weighted by molar-refractivity contribution is 6.06. The molecule has 6 nitrogen and oxygen atoms in total. The Balaban J connectivity index is 1.74. The quantitative estimate of drug-likeness (QED) is 0.615. The number of rotatable bonds is 7. The lowest BCUT2D eigenvalue weighted by atomic mass is 10.0. The second-order valence-corrected chi connectivity index (χ2v) is 7.22. The number of halogens is 3. The van der Waals surface area contributed by atoms with E-state index in [4.69, 9.17) is 5.73 Å². The Labute approximate surface area is 170 Å². The fourth-order valence-electron chi connectivity index (χ4n) is 3.57. The highest BCUT2D eigenvalue weighted by Gasteiger charge is 2.24. The first-order valence-corrected chi connectivity index (χ1v) is 9.54. The molecule has 30 heavy (non-hydrogen) atoms. The number of fused-ring (bicyclic) bond motifs is 1. The number of nitrogens with zero attached hydrogens (tertiary/aromatic N) is 3. The molecule has 3 N–H and O–H groups in total. The number of hydrogen-bond acceptors (Lipinski definition) is 5. The molecule has 0 aliphatic carbocycles. The maximum Gasteiger partial charge on any atom is 0.266 e. The van der Waals surface area contributed by atoms with E-state index in [-0.39, 0.29) is 5.56 Å². The van der Waals surface area contributed by atoms with Gasteiger partial charge in [0.05, 0.1) is 22.7 Å². The van der Waals surface area contributed by atoms with Gasteiger partial charge in [-0.25, -0.2) is 23.1 Å². The van der Waals surface area contributed by atoms with E-state index in [9.17, 15) is 18.0 Å². The standard InChI is InChI=1S/C21H20F3N5O/c22-16-6-5-12(9-15(16)19(23)24)17(10-29-7-2-8-29)28-21-14-4-1-3-13(20(25)30)18(14)26-11-27-21/h1,3-6,9,11,17,19H,2,7-8,10H2,(H2,25,30)(H,26,27,28)/t17-/m1/s1. The van der Waals surface area contributed by atoms with Crippen LogP contribution in [0.4, 0.5) is 19.0 Å². The molecule has 0 radical (unpaired) electrons. The second kappa shape index (κ2) is 8.27. The van der Waals surface area contributed by atoms with Gasteiger partial charge in [0, 0.05) is 11.9 Å². The normalized spacial score (nSPS) is 15.2. The Morgan fingerprint density at radius 1 is 1.20 bits per heavy atom. The zero-order valence-corrected chi connectivity index (χ0v) is 16.0. The molecule has 156 valence electrons. The number of primary amides is 1. The molecule has 2 aromatic carbocycles. The van der Waals surface area contributed by atoms with Crippen molar-refractivity contribution in [3.05, 3.63) is 65.2 Å². The number of anilines is 1. The highest BCUT2D eigenvalue weighted by Crippen LogP contribution is 2.30. The number of benzene rings is 2. The van der Waals surface area contributed by atoms with Crippen molar-refractivity contribution in [3.63, 3.8) is 0 Å². The van der Waals surface area contributed by atoms with Crippen LogP contribution in [0.2, 0.25) is 0 Å². The molecule has 1 fully saturated rings. The average molecular weight is 415 g/mol. The number of carbonyl (C=O) groups is 1. The molecule has 1 aliphatic heterocycles. The molecule has 2 heterocycles. The molecule has 1 saturated heterocycles. The third-order valence-corrected chi connectivity index (χ3v) is 5.29. The lowest BCUT2D eigenvalue weighted by Crippen LogP contribution is -2.41. The van der Waals surface area contributed by atoms with Crippen LogP contribution in [0.3, 0.4) is 0 Å². The molecule has 0 spiro atoms. The predicted octanol–water partition coefficient (Wildman–Crippen LogP) is 3.66. The topological polar surface area (TPSA) is 84.1 Å². The summed E-state index contributed by atoms with van der Waals surface area (Å²) in [4.78, 5) is 22.3. The third kappa shape index (κ3) is 3.93. The Morgan fingerprint density at radius 3 is 2.67 bits per heavy atom. The fourth-order valence-corrected chi connectivity index (χ4v) is 3.57. The van der Waals surface area contributed by atoms with Crippen molar-refractivity contribution >= 4 is 22.6 Å². The summed E-state index contributed by atoms with van der Waals surface area (Å²) in [6.07, 6.45) is -0.531. The monoisotopic (exact) mass is 415 g/mol. The molecule has 0 bridgehead atoms. The molecule has 1 aliphatic rings. The minimum absolute atomic E-state index is 0.263. The molecule has 3 aromatic rings. The number of amides is 1. The van der Waals surface area contributed by atoms with Crippen LogP contribution in [-0.4, -0.2) is 40.4 Å². The van der Waals surface area contributed by atoms with E-state index >= 15 is 0 Å². The van der Waals surface area contributed by atoms with Crippen molar-refractivity contribution in [2.24, 2.45) is 5.73 Å². The van der Waals surface area contributed by atoms with E-state index in [1.807, 2.05) is 0 Å². The van der Waals surface area contributed by atoms with Gasteiger partial charge < -0.3 is 16.0 Å². The van der Waals surface area contributed by atoms with Crippen molar-refractivity contribution in [2.75, 3.05) is 25.0 Å². The Morgan fingerprint density at radius 2 is 2.00 bits per heavy atom. The van der Waals surface area contributed by atoms with Gasteiger partial charge in [-0.05, 0) is 49.3 Å². The zero-order valence-electron chi connectivity index (χ0n) is 16.0. The minimum Gasteiger partial charge on any atom is -0.366 e. The first-order chi connectivity index (χ1) is 14.4. The molecular formula is C21H20F3N5O. The number of nitrogens with two attached hydrogens (primary N) is 1. The molecule has 4 rings (SSSR count). The summed E-state index contributed by atoms with van der Waals surface area (Å²) >= 11 is 0. The number of para-hydroxylation sites is 1. The first kappa shape index (κ1) is 20.1. The Hall–Kier alpha value is -3.20. The van der Waals surface area contributed by atoms with Gasteiger partial charge >= 0.3 is 0 Å². The van der Waals surface area contributed by atoms with E-state index in [0.717, 1.165) is 25.6 Å². The van der Waals surface area contributed by atoms with Gasteiger partial charge in [-0.3, -0.25) is 4.79 Å². The van der Waals surface area contributed by atoms with Crippen LogP contribution >= 0.6 is 0 Å². The lowest BCUT2D eigenvalue weighted by molar-refractivity contribution is 0.100. The summed E-state index contributed by atoms with van der Waals surface area (Å²) in [5.74, 6) is -1.10. The van der Waals surface area contributed by atoms with Crippen molar-refractivity contribution in [3.8, 4) is 0 Å². The van der Waals surface area contributed by atoms with Crippen molar-refractivity contribution in [2.45, 2.75) is 18.9 Å². The lowest BCUT2D eigenvalue weighted by Gasteiger charge is -2.35. The number of aromatic nitrogens is 2. The number of carbonyl (C=O) groups excluding carboxylic acids is 1. The maximum absolute atomic E-state index is 13.8. The van der Waals surface area contributed by atoms with E-state index < -0.39 is 29.8 Å². The Kier molecular flexibility index (Phi) is 5.54. The molecule has 1 amide bonds. The van der Waals surface area contributed by atoms with Crippen LogP contribution < -0.4 is 11.1 Å². The predicted molar refractivity (Wildman–Crippen MR) is 107 cm³/mol. The van der Waals surface area contributed by atoms with Gasteiger partial charge in [0.25, 0.3) is 12.3 Å². The largest absolute Gasteiger partial charge is 0.366 e. The SMILES string of the molecule is NC(=O)c1cccc2c(N[C@H](CN3CCC3)c3ccc(F)c(C(F)F)c3)ncnc12. The molecule has 0 saturated carbocycles. The second-order valence-electron chi connectivity index (χ2n) is 7.22. The molecular weight excluding hydrogens is 395 g/mol. The van der Waals surface area contributed by atoms with Gasteiger partial charge in [0.15, 0.2) is 0 Å². The van der Waals surface area contributed by atoms with Gasteiger partial charge in [-0.1, -0.05) is 12.1 Å². The maximum atomic E-state index is 13.8. The summed E-state index contributed by atoms with van der Waals surface area (Å²) in [5, 5.41) is 3.86. The molecule has 9 heteroatoms. The molecule has 0 unspecified atom stereocenters.